The van der Waals surface area contributed by atoms with Crippen LogP contribution in [0.25, 0.3) is 0 Å². The van der Waals surface area contributed by atoms with Crippen LogP contribution in [0.1, 0.15) is 34.1 Å². The summed E-state index contributed by atoms with van der Waals surface area (Å²) in [5.74, 6) is 0.644. The van der Waals surface area contributed by atoms with Crippen molar-refractivity contribution in [2.24, 2.45) is 0 Å². The second-order valence-electron chi connectivity index (χ2n) is 7.55. The van der Waals surface area contributed by atoms with Crippen LogP contribution in [-0.4, -0.2) is 19.4 Å². The van der Waals surface area contributed by atoms with E-state index in [2.05, 4.69) is 15.2 Å². The lowest BCUT2D eigenvalue weighted by Crippen LogP contribution is -2.16. The van der Waals surface area contributed by atoms with E-state index in [1.165, 1.54) is 18.2 Å². The van der Waals surface area contributed by atoms with Crippen LogP contribution in [-0.2, 0) is 10.0 Å². The Morgan fingerprint density at radius 1 is 0.939 bits per heavy atom. The third-order valence-electron chi connectivity index (χ3n) is 5.06. The Balaban J connectivity index is 1.52. The average Bonchev–Trinajstić information content (AvgIpc) is 3.23. The van der Waals surface area contributed by atoms with Crippen molar-refractivity contribution in [1.82, 2.24) is 5.16 Å². The van der Waals surface area contributed by atoms with Crippen molar-refractivity contribution >= 4 is 27.3 Å². The highest BCUT2D eigenvalue weighted by Crippen LogP contribution is 2.26. The van der Waals surface area contributed by atoms with E-state index >= 15 is 0 Å². The van der Waals surface area contributed by atoms with Gasteiger partial charge in [-0.1, -0.05) is 65.8 Å². The predicted octanol–water partition coefficient (Wildman–Crippen LogP) is 5.21. The van der Waals surface area contributed by atoms with Crippen LogP contribution in [0.4, 0.5) is 11.5 Å². The summed E-state index contributed by atoms with van der Waals surface area (Å²) in [6.07, 6.45) is 0.251. The number of aromatic nitrogens is 1. The quantitative estimate of drug-likeness (QED) is 0.332. The van der Waals surface area contributed by atoms with Crippen LogP contribution >= 0.6 is 0 Å². The maximum absolute atomic E-state index is 12.8. The molecule has 0 fully saturated rings. The molecule has 0 radical (unpaired) electrons. The Kier molecular flexibility index (Phi) is 6.55. The number of anilines is 2. The Labute approximate surface area is 192 Å². The Hall–Kier alpha value is -3.91. The molecule has 0 amide bonds. The molecule has 8 heteroatoms. The van der Waals surface area contributed by atoms with Gasteiger partial charge in [-0.3, -0.25) is 9.52 Å². The van der Waals surface area contributed by atoms with Gasteiger partial charge in [-0.05, 0) is 36.8 Å². The Morgan fingerprint density at radius 3 is 2.18 bits per heavy atom. The largest absolute Gasteiger partial charge is 0.378 e. The van der Waals surface area contributed by atoms with Gasteiger partial charge in [-0.15, -0.1) is 0 Å². The van der Waals surface area contributed by atoms with Gasteiger partial charge in [0.1, 0.15) is 5.76 Å². The first kappa shape index (κ1) is 22.3. The van der Waals surface area contributed by atoms with Crippen molar-refractivity contribution in [2.75, 3.05) is 10.0 Å². The molecule has 4 rings (SSSR count). The van der Waals surface area contributed by atoms with E-state index in [9.17, 15) is 13.2 Å². The third-order valence-corrected chi connectivity index (χ3v) is 6.43. The fourth-order valence-electron chi connectivity index (χ4n) is 3.41. The standard InChI is InChI=1S/C25H23N3O4S/c1-18-16-25(27-32-18)28-33(30,31)22-14-12-21(13-15-22)26-23(19-8-4-2-5-9-19)17-24(29)20-10-6-3-7-11-20/h2-16,23,26H,17H2,1H3,(H,27,28). The summed E-state index contributed by atoms with van der Waals surface area (Å²) in [5, 5.41) is 7.02. The van der Waals surface area contributed by atoms with Gasteiger partial charge in [0.25, 0.3) is 10.0 Å². The number of carbonyl (C=O) groups excluding carboxylic acids is 1. The molecule has 0 aliphatic heterocycles. The smallest absolute Gasteiger partial charge is 0.263 e. The first-order valence-electron chi connectivity index (χ1n) is 10.4. The molecule has 1 heterocycles. The van der Waals surface area contributed by atoms with Gasteiger partial charge < -0.3 is 9.84 Å². The van der Waals surface area contributed by atoms with Gasteiger partial charge in [0.05, 0.1) is 10.9 Å². The van der Waals surface area contributed by atoms with E-state index in [1.54, 1.807) is 31.2 Å². The highest BCUT2D eigenvalue weighted by molar-refractivity contribution is 7.92. The van der Waals surface area contributed by atoms with Gasteiger partial charge in [-0.2, -0.15) is 0 Å². The van der Waals surface area contributed by atoms with Crippen LogP contribution in [0.15, 0.2) is 100 Å². The maximum atomic E-state index is 12.8. The Morgan fingerprint density at radius 2 is 1.58 bits per heavy atom. The van der Waals surface area contributed by atoms with Crippen molar-refractivity contribution in [3.8, 4) is 0 Å². The summed E-state index contributed by atoms with van der Waals surface area (Å²) < 4.78 is 32.5. The first-order valence-corrected chi connectivity index (χ1v) is 11.8. The minimum Gasteiger partial charge on any atom is -0.378 e. The van der Waals surface area contributed by atoms with Crippen molar-refractivity contribution in [1.29, 1.82) is 0 Å². The van der Waals surface area contributed by atoms with Crippen molar-refractivity contribution in [2.45, 2.75) is 24.3 Å². The summed E-state index contributed by atoms with van der Waals surface area (Å²) in [6.45, 7) is 1.68. The van der Waals surface area contributed by atoms with Gasteiger partial charge in [0.2, 0.25) is 0 Å². The minimum absolute atomic E-state index is 0.0169. The molecule has 0 saturated heterocycles. The number of nitrogens with one attached hydrogen (secondary N) is 2. The molecule has 0 aliphatic carbocycles. The summed E-state index contributed by atoms with van der Waals surface area (Å²) >= 11 is 0. The number of aryl methyl sites for hydroxylation is 1. The number of benzene rings is 3. The van der Waals surface area contributed by atoms with Gasteiger partial charge >= 0.3 is 0 Å². The van der Waals surface area contributed by atoms with E-state index in [1.807, 2.05) is 48.5 Å². The zero-order valence-electron chi connectivity index (χ0n) is 17.9. The molecule has 0 spiro atoms. The second kappa shape index (κ2) is 9.70. The molecule has 7 nitrogen and oxygen atoms in total. The summed E-state index contributed by atoms with van der Waals surface area (Å²) in [5.41, 5.74) is 2.30. The van der Waals surface area contributed by atoms with E-state index < -0.39 is 10.0 Å². The summed E-state index contributed by atoms with van der Waals surface area (Å²) in [7, 11) is -3.81. The van der Waals surface area contributed by atoms with Crippen molar-refractivity contribution in [3.63, 3.8) is 0 Å². The van der Waals surface area contributed by atoms with Crippen LogP contribution < -0.4 is 10.0 Å². The highest BCUT2D eigenvalue weighted by atomic mass is 32.2. The topological polar surface area (TPSA) is 101 Å². The molecule has 0 bridgehead atoms. The lowest BCUT2D eigenvalue weighted by Gasteiger charge is -2.20. The second-order valence-corrected chi connectivity index (χ2v) is 9.24. The number of hydrogen-bond acceptors (Lipinski definition) is 6. The van der Waals surface area contributed by atoms with Crippen LogP contribution in [0.2, 0.25) is 0 Å². The molecule has 0 saturated carbocycles. The molecule has 1 unspecified atom stereocenters. The molecule has 2 N–H and O–H groups in total. The fraction of sp³-hybridized carbons (Fsp3) is 0.120. The van der Waals surface area contributed by atoms with E-state index in [0.717, 1.165) is 5.56 Å². The lowest BCUT2D eigenvalue weighted by atomic mass is 9.97. The molecule has 0 aliphatic rings. The number of nitrogens with zero attached hydrogens (tertiary/aromatic N) is 1. The van der Waals surface area contributed by atoms with Gasteiger partial charge in [-0.25, -0.2) is 8.42 Å². The molecule has 3 aromatic carbocycles. The van der Waals surface area contributed by atoms with Gasteiger partial charge in [0.15, 0.2) is 11.6 Å². The van der Waals surface area contributed by atoms with E-state index in [-0.39, 0.29) is 29.0 Å². The minimum atomic E-state index is -3.81. The average molecular weight is 462 g/mol. The highest BCUT2D eigenvalue weighted by Gasteiger charge is 2.19. The number of sulfonamides is 1. The molecular weight excluding hydrogens is 438 g/mol. The summed E-state index contributed by atoms with van der Waals surface area (Å²) in [4.78, 5) is 12.9. The maximum Gasteiger partial charge on any atom is 0.263 e. The first-order chi connectivity index (χ1) is 15.9. The zero-order chi connectivity index (χ0) is 23.3. The normalized spacial score (nSPS) is 12.2. The summed E-state index contributed by atoms with van der Waals surface area (Å²) in [6, 6.07) is 26.4. The number of rotatable bonds is 9. The molecule has 1 aromatic heterocycles. The molecule has 168 valence electrons. The zero-order valence-corrected chi connectivity index (χ0v) is 18.7. The van der Waals surface area contributed by atoms with Crippen LogP contribution in [0.3, 0.4) is 0 Å². The third kappa shape index (κ3) is 5.67. The number of hydrogen-bond donors (Lipinski definition) is 2. The Bertz CT molecular complexity index is 1320. The van der Waals surface area contributed by atoms with E-state index in [0.29, 0.717) is 17.0 Å². The van der Waals surface area contributed by atoms with Crippen molar-refractivity contribution in [3.05, 3.63) is 108 Å². The number of carbonyl (C=O) groups is 1. The lowest BCUT2D eigenvalue weighted by molar-refractivity contribution is 0.0976. The van der Waals surface area contributed by atoms with Crippen molar-refractivity contribution < 1.29 is 17.7 Å². The van der Waals surface area contributed by atoms with Crippen LogP contribution in [0.5, 0.6) is 0 Å². The van der Waals surface area contributed by atoms with Crippen LogP contribution in [0, 0.1) is 6.92 Å². The van der Waals surface area contributed by atoms with E-state index in [4.69, 9.17) is 4.52 Å². The number of Topliss-reactive ketones (excluding diaryl/α,β-unsaturated/α-hetero) is 1. The molecule has 33 heavy (non-hydrogen) atoms. The monoisotopic (exact) mass is 461 g/mol. The number of ketones is 1. The van der Waals surface area contributed by atoms with Gasteiger partial charge in [0, 0.05) is 23.7 Å². The SMILES string of the molecule is Cc1cc(NS(=O)(=O)c2ccc(NC(CC(=O)c3ccccc3)c3ccccc3)cc2)no1. The molecular formula is C25H23N3O4S. The fourth-order valence-corrected chi connectivity index (χ4v) is 4.39. The molecule has 4 aromatic rings. The predicted molar refractivity (Wildman–Crippen MR) is 127 cm³/mol. The molecule has 1 atom stereocenters.